The number of aromatic nitrogens is 1. The summed E-state index contributed by atoms with van der Waals surface area (Å²) in [5.41, 5.74) is 0.865. The van der Waals surface area contributed by atoms with Crippen molar-refractivity contribution in [1.82, 2.24) is 10.3 Å². The molecule has 0 saturated heterocycles. The molecule has 1 unspecified atom stereocenters. The van der Waals surface area contributed by atoms with Gasteiger partial charge in [-0.25, -0.2) is 4.98 Å². The maximum absolute atomic E-state index is 12.1. The first-order chi connectivity index (χ1) is 10.7. The molecular weight excluding hydrogens is 312 g/mol. The zero-order valence-corrected chi connectivity index (χ0v) is 14.9. The Bertz CT molecular complexity index is 563. The van der Waals surface area contributed by atoms with Crippen LogP contribution < -0.4 is 5.32 Å². The highest BCUT2D eigenvalue weighted by molar-refractivity contribution is 7.20. The lowest BCUT2D eigenvalue weighted by molar-refractivity contribution is -0.121. The number of hydrogen-bond donors (Lipinski definition) is 1. The van der Waals surface area contributed by atoms with E-state index in [0.717, 1.165) is 17.1 Å². The number of carbonyl (C=O) groups is 1. The summed E-state index contributed by atoms with van der Waals surface area (Å²) in [5, 5.41) is 8.11. The quantitative estimate of drug-likeness (QED) is 0.662. The third-order valence-corrected chi connectivity index (χ3v) is 5.45. The molecule has 0 bridgehead atoms. The third-order valence-electron chi connectivity index (χ3n) is 3.52. The smallest absolute Gasteiger partial charge is 0.226 e. The van der Waals surface area contributed by atoms with Gasteiger partial charge in [-0.1, -0.05) is 38.7 Å². The molecule has 0 radical (unpaired) electrons. The number of nitrogens with zero attached hydrogens (tertiary/aromatic N) is 1. The molecule has 120 valence electrons. The van der Waals surface area contributed by atoms with Crippen LogP contribution in [0.1, 0.15) is 51.6 Å². The summed E-state index contributed by atoms with van der Waals surface area (Å²) < 4.78 is 0. The summed E-state index contributed by atoms with van der Waals surface area (Å²) in [6.45, 7) is 4.30. The SMILES string of the molecule is CCCCCCC(C)NC(=O)Cc1csc(-c2cccs2)n1. The highest BCUT2D eigenvalue weighted by atomic mass is 32.1. The molecule has 5 heteroatoms. The molecule has 22 heavy (non-hydrogen) atoms. The van der Waals surface area contributed by atoms with Gasteiger partial charge in [0.2, 0.25) is 5.91 Å². The second-order valence-electron chi connectivity index (χ2n) is 5.62. The zero-order chi connectivity index (χ0) is 15.8. The fourth-order valence-corrected chi connectivity index (χ4v) is 3.98. The Morgan fingerprint density at radius 1 is 1.32 bits per heavy atom. The van der Waals surface area contributed by atoms with Crippen molar-refractivity contribution in [3.05, 3.63) is 28.6 Å². The minimum absolute atomic E-state index is 0.0750. The van der Waals surface area contributed by atoms with Crippen LogP contribution in [0.3, 0.4) is 0 Å². The Morgan fingerprint density at radius 2 is 2.18 bits per heavy atom. The number of unbranched alkanes of at least 4 members (excludes halogenated alkanes) is 3. The molecule has 0 aliphatic rings. The first kappa shape index (κ1) is 17.2. The van der Waals surface area contributed by atoms with Crippen LogP contribution >= 0.6 is 22.7 Å². The number of thiophene rings is 1. The van der Waals surface area contributed by atoms with Gasteiger partial charge in [-0.05, 0) is 24.8 Å². The Labute approximate surface area is 140 Å². The van der Waals surface area contributed by atoms with Gasteiger partial charge in [0.1, 0.15) is 5.01 Å². The van der Waals surface area contributed by atoms with E-state index < -0.39 is 0 Å². The van der Waals surface area contributed by atoms with Crippen LogP contribution in [0, 0.1) is 0 Å². The monoisotopic (exact) mass is 336 g/mol. The average molecular weight is 337 g/mol. The average Bonchev–Trinajstić information content (AvgIpc) is 3.14. The molecule has 0 aromatic carbocycles. The number of amides is 1. The van der Waals surface area contributed by atoms with Crippen molar-refractivity contribution < 1.29 is 4.79 Å². The summed E-state index contributed by atoms with van der Waals surface area (Å²) in [6, 6.07) is 4.33. The predicted molar refractivity (Wildman–Crippen MR) is 95.5 cm³/mol. The number of hydrogen-bond acceptors (Lipinski definition) is 4. The maximum atomic E-state index is 12.1. The normalized spacial score (nSPS) is 12.3. The van der Waals surface area contributed by atoms with Gasteiger partial charge in [-0.2, -0.15) is 0 Å². The predicted octanol–water partition coefficient (Wildman–Crippen LogP) is 4.89. The van der Waals surface area contributed by atoms with Gasteiger partial charge in [-0.3, -0.25) is 4.79 Å². The molecule has 2 aromatic rings. The van der Waals surface area contributed by atoms with Crippen LogP contribution in [0.4, 0.5) is 0 Å². The van der Waals surface area contributed by atoms with Crippen LogP contribution in [-0.4, -0.2) is 16.9 Å². The number of thiazole rings is 1. The second-order valence-corrected chi connectivity index (χ2v) is 7.42. The summed E-state index contributed by atoms with van der Waals surface area (Å²) in [7, 11) is 0. The van der Waals surface area contributed by atoms with Gasteiger partial charge >= 0.3 is 0 Å². The molecule has 0 aliphatic heterocycles. The minimum Gasteiger partial charge on any atom is -0.353 e. The Kier molecular flexibility index (Phi) is 7.06. The molecular formula is C17H24N2OS2. The van der Waals surface area contributed by atoms with E-state index in [1.807, 2.05) is 16.8 Å². The van der Waals surface area contributed by atoms with Gasteiger partial charge in [0, 0.05) is 11.4 Å². The fraction of sp³-hybridized carbons (Fsp3) is 0.529. The standard InChI is InChI=1S/C17H24N2OS2/c1-3-4-5-6-8-13(2)18-16(20)11-14-12-22-17(19-14)15-9-7-10-21-15/h7,9-10,12-13H,3-6,8,11H2,1-2H3,(H,18,20). The largest absolute Gasteiger partial charge is 0.353 e. The first-order valence-corrected chi connectivity index (χ1v) is 9.72. The Balaban J connectivity index is 1.75. The van der Waals surface area contributed by atoms with E-state index in [4.69, 9.17) is 0 Å². The molecule has 1 atom stereocenters. The van der Waals surface area contributed by atoms with E-state index >= 15 is 0 Å². The van der Waals surface area contributed by atoms with E-state index in [1.54, 1.807) is 22.7 Å². The number of rotatable bonds is 9. The zero-order valence-electron chi connectivity index (χ0n) is 13.3. The molecule has 2 heterocycles. The lowest BCUT2D eigenvalue weighted by Gasteiger charge is -2.13. The summed E-state index contributed by atoms with van der Waals surface area (Å²) in [4.78, 5) is 17.8. The van der Waals surface area contributed by atoms with Crippen LogP contribution in [0.15, 0.2) is 22.9 Å². The van der Waals surface area contributed by atoms with Crippen molar-refractivity contribution in [3.63, 3.8) is 0 Å². The van der Waals surface area contributed by atoms with E-state index in [-0.39, 0.29) is 11.9 Å². The fourth-order valence-electron chi connectivity index (χ4n) is 2.34. The van der Waals surface area contributed by atoms with E-state index in [0.29, 0.717) is 6.42 Å². The maximum Gasteiger partial charge on any atom is 0.226 e. The summed E-state index contributed by atoms with van der Waals surface area (Å²) in [6.07, 6.45) is 6.41. The van der Waals surface area contributed by atoms with Crippen molar-refractivity contribution in [1.29, 1.82) is 0 Å². The van der Waals surface area contributed by atoms with Crippen molar-refractivity contribution in [2.45, 2.75) is 58.4 Å². The van der Waals surface area contributed by atoms with Crippen LogP contribution in [0.2, 0.25) is 0 Å². The van der Waals surface area contributed by atoms with Crippen molar-refractivity contribution in [3.8, 4) is 9.88 Å². The van der Waals surface area contributed by atoms with Crippen molar-refractivity contribution in [2.24, 2.45) is 0 Å². The third kappa shape index (κ3) is 5.54. The van der Waals surface area contributed by atoms with Gasteiger partial charge in [-0.15, -0.1) is 22.7 Å². The van der Waals surface area contributed by atoms with E-state index in [1.165, 1.54) is 30.6 Å². The molecule has 2 aromatic heterocycles. The first-order valence-electron chi connectivity index (χ1n) is 7.96. The second kappa shape index (κ2) is 9.06. The lowest BCUT2D eigenvalue weighted by atomic mass is 10.1. The number of carbonyl (C=O) groups excluding carboxylic acids is 1. The lowest BCUT2D eigenvalue weighted by Crippen LogP contribution is -2.33. The Hall–Kier alpha value is -1.20. The minimum atomic E-state index is 0.0750. The van der Waals surface area contributed by atoms with Crippen LogP contribution in [-0.2, 0) is 11.2 Å². The van der Waals surface area contributed by atoms with Crippen molar-refractivity contribution in [2.75, 3.05) is 0 Å². The Morgan fingerprint density at radius 3 is 2.91 bits per heavy atom. The molecule has 1 amide bonds. The van der Waals surface area contributed by atoms with Gasteiger partial charge in [0.25, 0.3) is 0 Å². The van der Waals surface area contributed by atoms with E-state index in [9.17, 15) is 4.79 Å². The van der Waals surface area contributed by atoms with Gasteiger partial charge < -0.3 is 5.32 Å². The topological polar surface area (TPSA) is 42.0 Å². The molecule has 0 spiro atoms. The highest BCUT2D eigenvalue weighted by Gasteiger charge is 2.11. The van der Waals surface area contributed by atoms with Crippen LogP contribution in [0.5, 0.6) is 0 Å². The molecule has 0 aliphatic carbocycles. The summed E-state index contributed by atoms with van der Waals surface area (Å²) in [5.74, 6) is 0.0750. The van der Waals surface area contributed by atoms with E-state index in [2.05, 4.69) is 30.2 Å². The molecule has 0 fully saturated rings. The highest BCUT2D eigenvalue weighted by Crippen LogP contribution is 2.27. The van der Waals surface area contributed by atoms with Gasteiger partial charge in [0.15, 0.2) is 0 Å². The van der Waals surface area contributed by atoms with Crippen LogP contribution in [0.25, 0.3) is 9.88 Å². The summed E-state index contributed by atoms with van der Waals surface area (Å²) >= 11 is 3.29. The van der Waals surface area contributed by atoms with Gasteiger partial charge in [0.05, 0.1) is 17.0 Å². The molecule has 2 rings (SSSR count). The number of nitrogens with one attached hydrogen (secondary N) is 1. The van der Waals surface area contributed by atoms with Crippen molar-refractivity contribution >= 4 is 28.6 Å². The molecule has 1 N–H and O–H groups in total. The molecule has 3 nitrogen and oxygen atoms in total. The molecule has 0 saturated carbocycles.